The Morgan fingerprint density at radius 2 is 2.18 bits per heavy atom. The molecule has 1 aliphatic rings. The number of anilines is 1. The lowest BCUT2D eigenvalue weighted by Gasteiger charge is -2.29. The van der Waals surface area contributed by atoms with Crippen molar-refractivity contribution in [2.45, 2.75) is 38.2 Å². The van der Waals surface area contributed by atoms with Gasteiger partial charge in [0.1, 0.15) is 11.9 Å². The van der Waals surface area contributed by atoms with E-state index >= 15 is 0 Å². The van der Waals surface area contributed by atoms with Crippen LogP contribution in [-0.2, 0) is 11.8 Å². The van der Waals surface area contributed by atoms with Gasteiger partial charge in [0.25, 0.3) is 0 Å². The summed E-state index contributed by atoms with van der Waals surface area (Å²) in [7, 11) is 1.89. The van der Waals surface area contributed by atoms with E-state index in [-0.39, 0.29) is 12.2 Å². The van der Waals surface area contributed by atoms with E-state index in [2.05, 4.69) is 22.7 Å². The zero-order valence-electron chi connectivity index (χ0n) is 16.8. The number of carbonyl (C=O) groups excluding carboxylic acids is 1. The first kappa shape index (κ1) is 20.5. The van der Waals surface area contributed by atoms with Gasteiger partial charge in [-0.05, 0) is 45.0 Å². The highest BCUT2D eigenvalue weighted by Crippen LogP contribution is 2.34. The first-order valence-corrected chi connectivity index (χ1v) is 10.6. The predicted octanol–water partition coefficient (Wildman–Crippen LogP) is 3.52. The van der Waals surface area contributed by atoms with E-state index < -0.39 is 6.09 Å². The summed E-state index contributed by atoms with van der Waals surface area (Å²) in [6, 6.07) is 7.55. The molecule has 1 aromatic carbocycles. The van der Waals surface area contributed by atoms with Crippen LogP contribution in [0.1, 0.15) is 20.8 Å². The number of ether oxygens (including phenoxy) is 2. The number of hydrogen-bond acceptors (Lipinski definition) is 6. The van der Waals surface area contributed by atoms with Crippen LogP contribution in [-0.4, -0.2) is 52.2 Å². The Hall–Kier alpha value is -2.19. The average Bonchev–Trinajstić information content (AvgIpc) is 3.08. The highest BCUT2D eigenvalue weighted by atomic mass is 32.2. The number of thioether (sulfide) groups is 1. The van der Waals surface area contributed by atoms with Crippen LogP contribution in [0, 0.1) is 0 Å². The van der Waals surface area contributed by atoms with Crippen LogP contribution >= 0.6 is 11.8 Å². The molecule has 1 aliphatic heterocycles. The maximum Gasteiger partial charge on any atom is 0.411 e. The van der Waals surface area contributed by atoms with E-state index in [1.165, 1.54) is 0 Å². The molecule has 2 N–H and O–H groups in total. The van der Waals surface area contributed by atoms with E-state index in [1.807, 2.05) is 56.9 Å². The summed E-state index contributed by atoms with van der Waals surface area (Å²) in [5.41, 5.74) is 2.44. The molecule has 7 nitrogen and oxygen atoms in total. The third-order valence-electron chi connectivity index (χ3n) is 4.46. The fourth-order valence-corrected chi connectivity index (χ4v) is 4.20. The summed E-state index contributed by atoms with van der Waals surface area (Å²) in [6.07, 6.45) is 1.14. The van der Waals surface area contributed by atoms with Gasteiger partial charge in [-0.15, -0.1) is 0 Å². The molecular formula is C20H28N4O3S. The van der Waals surface area contributed by atoms with Crippen molar-refractivity contribution in [1.29, 1.82) is 0 Å². The maximum atomic E-state index is 12.0. The molecule has 0 saturated carbocycles. The first-order chi connectivity index (χ1) is 13.4. The molecule has 0 spiro atoms. The summed E-state index contributed by atoms with van der Waals surface area (Å²) < 4.78 is 13.3. The Morgan fingerprint density at radius 1 is 1.36 bits per heavy atom. The molecule has 1 amide bonds. The molecule has 152 valence electrons. The van der Waals surface area contributed by atoms with Crippen molar-refractivity contribution >= 4 is 23.5 Å². The van der Waals surface area contributed by atoms with Gasteiger partial charge in [-0.2, -0.15) is 16.9 Å². The second-order valence-corrected chi connectivity index (χ2v) is 8.41. The van der Waals surface area contributed by atoms with E-state index in [0.29, 0.717) is 10.9 Å². The smallest absolute Gasteiger partial charge is 0.411 e. The molecule has 2 unspecified atom stereocenters. The summed E-state index contributed by atoms with van der Waals surface area (Å²) in [5.74, 6) is 1.86. The van der Waals surface area contributed by atoms with Crippen LogP contribution in [0.2, 0.25) is 0 Å². The number of benzene rings is 1. The van der Waals surface area contributed by atoms with Crippen molar-refractivity contribution in [3.05, 3.63) is 30.5 Å². The second kappa shape index (κ2) is 9.34. The predicted molar refractivity (Wildman–Crippen MR) is 113 cm³/mol. The van der Waals surface area contributed by atoms with Crippen molar-refractivity contribution in [3.63, 3.8) is 0 Å². The third kappa shape index (κ3) is 5.20. The Morgan fingerprint density at radius 3 is 2.82 bits per heavy atom. The molecule has 1 fully saturated rings. The zero-order chi connectivity index (χ0) is 20.1. The average molecular weight is 405 g/mol. The van der Waals surface area contributed by atoms with Gasteiger partial charge in [0.15, 0.2) is 0 Å². The van der Waals surface area contributed by atoms with E-state index in [4.69, 9.17) is 9.47 Å². The molecule has 0 radical (unpaired) electrons. The SMILES string of the molecule is CC(C)OC(=O)Nc1ccc(OC(C)C2CNCCS2)c(-c2ccnn2C)c1. The summed E-state index contributed by atoms with van der Waals surface area (Å²) >= 11 is 1.94. The number of amides is 1. The first-order valence-electron chi connectivity index (χ1n) is 9.53. The van der Waals surface area contributed by atoms with E-state index in [0.717, 1.165) is 35.8 Å². The van der Waals surface area contributed by atoms with Gasteiger partial charge < -0.3 is 14.8 Å². The number of nitrogens with zero attached hydrogens (tertiary/aromatic N) is 2. The van der Waals surface area contributed by atoms with Gasteiger partial charge in [-0.1, -0.05) is 0 Å². The fraction of sp³-hybridized carbons (Fsp3) is 0.500. The second-order valence-electron chi connectivity index (χ2n) is 7.07. The lowest BCUT2D eigenvalue weighted by molar-refractivity contribution is 0.130. The Labute approximate surface area is 170 Å². The highest BCUT2D eigenvalue weighted by molar-refractivity contribution is 8.00. The van der Waals surface area contributed by atoms with Crippen molar-refractivity contribution in [2.24, 2.45) is 7.05 Å². The van der Waals surface area contributed by atoms with Gasteiger partial charge in [0.2, 0.25) is 0 Å². The molecule has 0 bridgehead atoms. The minimum Gasteiger partial charge on any atom is -0.489 e. The number of rotatable bonds is 6. The third-order valence-corrected chi connectivity index (χ3v) is 5.88. The Bertz CT molecular complexity index is 802. The van der Waals surface area contributed by atoms with Crippen LogP contribution in [0.5, 0.6) is 5.75 Å². The summed E-state index contributed by atoms with van der Waals surface area (Å²) in [6.45, 7) is 7.71. The van der Waals surface area contributed by atoms with E-state index in [1.54, 1.807) is 10.9 Å². The maximum absolute atomic E-state index is 12.0. The van der Waals surface area contributed by atoms with Crippen molar-refractivity contribution in [1.82, 2.24) is 15.1 Å². The zero-order valence-corrected chi connectivity index (χ0v) is 17.6. The molecule has 2 heterocycles. The van der Waals surface area contributed by atoms with E-state index in [9.17, 15) is 4.79 Å². The van der Waals surface area contributed by atoms with Crippen LogP contribution in [0.25, 0.3) is 11.3 Å². The molecule has 1 saturated heterocycles. The van der Waals surface area contributed by atoms with Crippen molar-refractivity contribution < 1.29 is 14.3 Å². The van der Waals surface area contributed by atoms with Crippen molar-refractivity contribution in [2.75, 3.05) is 24.2 Å². The molecule has 2 atom stereocenters. The topological polar surface area (TPSA) is 77.4 Å². The van der Waals surface area contributed by atoms with Gasteiger partial charge in [-0.25, -0.2) is 4.79 Å². The largest absolute Gasteiger partial charge is 0.489 e. The highest BCUT2D eigenvalue weighted by Gasteiger charge is 2.23. The Balaban J connectivity index is 1.84. The molecular weight excluding hydrogens is 376 g/mol. The summed E-state index contributed by atoms with van der Waals surface area (Å²) in [4.78, 5) is 12.0. The van der Waals surface area contributed by atoms with Gasteiger partial charge in [-0.3, -0.25) is 10.00 Å². The van der Waals surface area contributed by atoms with Crippen LogP contribution < -0.4 is 15.4 Å². The lowest BCUT2D eigenvalue weighted by atomic mass is 10.1. The quantitative estimate of drug-likeness (QED) is 0.767. The lowest BCUT2D eigenvalue weighted by Crippen LogP contribution is -2.41. The number of aromatic nitrogens is 2. The molecule has 1 aromatic heterocycles. The van der Waals surface area contributed by atoms with Crippen LogP contribution in [0.4, 0.5) is 10.5 Å². The summed E-state index contributed by atoms with van der Waals surface area (Å²) in [5, 5.41) is 10.9. The number of carbonyl (C=O) groups is 1. The molecule has 0 aliphatic carbocycles. The van der Waals surface area contributed by atoms with Gasteiger partial charge >= 0.3 is 6.09 Å². The number of hydrogen-bond donors (Lipinski definition) is 2. The molecule has 3 rings (SSSR count). The molecule has 2 aromatic rings. The normalized spacial score (nSPS) is 18.0. The molecule has 8 heteroatoms. The minimum absolute atomic E-state index is 0.0505. The van der Waals surface area contributed by atoms with Crippen LogP contribution in [0.3, 0.4) is 0 Å². The molecule has 28 heavy (non-hydrogen) atoms. The minimum atomic E-state index is -0.474. The van der Waals surface area contributed by atoms with Crippen LogP contribution in [0.15, 0.2) is 30.5 Å². The number of nitrogens with one attached hydrogen (secondary N) is 2. The fourth-order valence-electron chi connectivity index (χ4n) is 3.07. The number of aryl methyl sites for hydroxylation is 1. The van der Waals surface area contributed by atoms with Gasteiger partial charge in [0, 0.05) is 43.3 Å². The van der Waals surface area contributed by atoms with Gasteiger partial charge in [0.05, 0.1) is 17.0 Å². The Kier molecular flexibility index (Phi) is 6.85. The monoisotopic (exact) mass is 404 g/mol. The standard InChI is InChI=1S/C20H28N4O3S/c1-13(2)26-20(25)23-15-5-6-18(16(11-15)17-7-8-22-24(17)4)27-14(3)19-12-21-9-10-28-19/h5-8,11,13-14,19,21H,9-10,12H2,1-4H3,(H,23,25). The van der Waals surface area contributed by atoms with Crippen molar-refractivity contribution in [3.8, 4) is 17.0 Å².